The minimum atomic E-state index is -0.487. The van der Waals surface area contributed by atoms with E-state index < -0.39 is 6.03 Å². The van der Waals surface area contributed by atoms with E-state index in [4.69, 9.17) is 11.6 Å². The highest BCUT2D eigenvalue weighted by Gasteiger charge is 2.11. The Kier molecular flexibility index (Phi) is 1.82. The summed E-state index contributed by atoms with van der Waals surface area (Å²) in [5.41, 5.74) is 1.57. The molecule has 0 atom stereocenters. The third kappa shape index (κ3) is 1.23. The summed E-state index contributed by atoms with van der Waals surface area (Å²) in [5, 5.41) is 2.33. The number of carbonyl (C=O) groups is 1. The monoisotopic (exact) mass is 231 g/mol. The molecule has 0 saturated carbocycles. The van der Waals surface area contributed by atoms with Crippen LogP contribution in [0.4, 0.5) is 4.79 Å². The van der Waals surface area contributed by atoms with E-state index in [0.717, 1.165) is 11.2 Å². The molecule has 1 aliphatic heterocycles. The van der Waals surface area contributed by atoms with Gasteiger partial charge in [-0.1, -0.05) is 11.6 Å². The molecule has 0 aliphatic carbocycles. The second-order valence-corrected chi connectivity index (χ2v) is 3.99. The Morgan fingerprint density at radius 2 is 2.06 bits per heavy atom. The molecular formula is C11H6ClN3O. The molecule has 16 heavy (non-hydrogen) atoms. The van der Waals surface area contributed by atoms with Gasteiger partial charge < -0.3 is 0 Å². The zero-order valence-electron chi connectivity index (χ0n) is 8.36. The molecule has 2 heterocycles. The fourth-order valence-electron chi connectivity index (χ4n) is 1.80. The van der Waals surface area contributed by atoms with Crippen LogP contribution < -0.4 is 10.7 Å². The zero-order chi connectivity index (χ0) is 11.3. The van der Waals surface area contributed by atoms with E-state index in [9.17, 15) is 4.79 Å². The molecule has 2 aromatic rings. The van der Waals surface area contributed by atoms with Gasteiger partial charge in [-0.15, -0.1) is 0 Å². The minimum Gasteiger partial charge on any atom is -0.253 e. The molecule has 0 saturated heterocycles. The third-order valence-corrected chi connectivity index (χ3v) is 2.73. The normalized spacial score (nSPS) is 13.5. The Balaban J connectivity index is 2.63. The summed E-state index contributed by atoms with van der Waals surface area (Å²) < 4.78 is 0. The van der Waals surface area contributed by atoms with Gasteiger partial charge in [-0.3, -0.25) is 4.98 Å². The van der Waals surface area contributed by atoms with E-state index in [1.165, 1.54) is 0 Å². The lowest BCUT2D eigenvalue weighted by molar-refractivity contribution is 0.257. The standard InChI is InChI=1S/C11H6ClN3O/c1-5-4-6(12)9-7(13-5)2-3-8-10(9)15-11(16)14-8/h2-4H,1H3. The van der Waals surface area contributed by atoms with Crippen molar-refractivity contribution in [1.82, 2.24) is 4.98 Å². The first-order valence-electron chi connectivity index (χ1n) is 4.72. The molecule has 0 radical (unpaired) electrons. The third-order valence-electron chi connectivity index (χ3n) is 2.43. The first-order valence-corrected chi connectivity index (χ1v) is 5.10. The molecule has 4 nitrogen and oxygen atoms in total. The topological polar surface area (TPSA) is 54.7 Å². The van der Waals surface area contributed by atoms with Gasteiger partial charge in [0.25, 0.3) is 0 Å². The number of urea groups is 1. The van der Waals surface area contributed by atoms with Gasteiger partial charge in [-0.2, -0.15) is 9.98 Å². The van der Waals surface area contributed by atoms with E-state index in [2.05, 4.69) is 15.0 Å². The Labute approximate surface area is 95.3 Å². The predicted octanol–water partition coefficient (Wildman–Crippen LogP) is 1.57. The van der Waals surface area contributed by atoms with Crippen molar-refractivity contribution in [3.63, 3.8) is 0 Å². The van der Waals surface area contributed by atoms with Gasteiger partial charge >= 0.3 is 6.03 Å². The maximum Gasteiger partial charge on any atom is 0.368 e. The number of fused-ring (bicyclic) bond motifs is 3. The highest BCUT2D eigenvalue weighted by molar-refractivity contribution is 6.35. The maximum atomic E-state index is 11.1. The summed E-state index contributed by atoms with van der Waals surface area (Å²) in [6.45, 7) is 1.87. The number of benzene rings is 1. The van der Waals surface area contributed by atoms with Crippen LogP contribution in [0, 0.1) is 6.92 Å². The molecular weight excluding hydrogens is 226 g/mol. The Hall–Kier alpha value is -1.81. The van der Waals surface area contributed by atoms with Gasteiger partial charge in [0.2, 0.25) is 0 Å². The molecule has 0 spiro atoms. The average Bonchev–Trinajstić information content (AvgIpc) is 2.56. The first-order chi connectivity index (χ1) is 7.65. The van der Waals surface area contributed by atoms with Crippen molar-refractivity contribution < 1.29 is 4.79 Å². The molecule has 1 aliphatic rings. The van der Waals surface area contributed by atoms with E-state index in [1.807, 2.05) is 6.92 Å². The Morgan fingerprint density at radius 1 is 1.25 bits per heavy atom. The van der Waals surface area contributed by atoms with Crippen LogP contribution in [0.2, 0.25) is 5.02 Å². The summed E-state index contributed by atoms with van der Waals surface area (Å²) in [4.78, 5) is 23.1. The van der Waals surface area contributed by atoms with Crippen LogP contribution in [0.25, 0.3) is 10.9 Å². The fraction of sp³-hybridized carbons (Fsp3) is 0.0909. The number of hydrogen-bond donors (Lipinski definition) is 0. The molecule has 0 fully saturated rings. The molecule has 0 bridgehead atoms. The molecule has 78 valence electrons. The van der Waals surface area contributed by atoms with Crippen LogP contribution in [-0.4, -0.2) is 11.0 Å². The zero-order valence-corrected chi connectivity index (χ0v) is 9.12. The fourth-order valence-corrected chi connectivity index (χ4v) is 2.15. The molecule has 1 aromatic carbocycles. The van der Waals surface area contributed by atoms with Crippen LogP contribution in [0.1, 0.15) is 5.69 Å². The Bertz CT molecular complexity index is 752. The number of rotatable bonds is 0. The molecule has 0 unspecified atom stereocenters. The summed E-state index contributed by atoms with van der Waals surface area (Å²) in [5.74, 6) is 0. The number of carbonyl (C=O) groups excluding carboxylic acids is 1. The van der Waals surface area contributed by atoms with Crippen LogP contribution in [0.3, 0.4) is 0 Å². The van der Waals surface area contributed by atoms with E-state index in [1.54, 1.807) is 18.2 Å². The second-order valence-electron chi connectivity index (χ2n) is 3.58. The highest BCUT2D eigenvalue weighted by atomic mass is 35.5. The van der Waals surface area contributed by atoms with Gasteiger partial charge in [-0.05, 0) is 25.1 Å². The van der Waals surface area contributed by atoms with Crippen molar-refractivity contribution in [1.29, 1.82) is 0 Å². The summed E-state index contributed by atoms with van der Waals surface area (Å²) in [6.07, 6.45) is 0. The SMILES string of the molecule is Cc1cc(Cl)c2c3c(ccc2n1)=NC(=O)N=3. The van der Waals surface area contributed by atoms with E-state index in [0.29, 0.717) is 21.1 Å². The van der Waals surface area contributed by atoms with Gasteiger partial charge in [0.05, 0.1) is 15.9 Å². The van der Waals surface area contributed by atoms with Gasteiger partial charge in [0.15, 0.2) is 0 Å². The summed E-state index contributed by atoms with van der Waals surface area (Å²) in [7, 11) is 0. The average molecular weight is 232 g/mol. The molecule has 5 heteroatoms. The van der Waals surface area contributed by atoms with Gasteiger partial charge in [0.1, 0.15) is 5.36 Å². The first kappa shape index (κ1) is 9.42. The number of nitrogens with zero attached hydrogens (tertiary/aromatic N) is 3. The van der Waals surface area contributed by atoms with Gasteiger partial charge in [0, 0.05) is 11.1 Å². The second kappa shape index (κ2) is 3.09. The van der Waals surface area contributed by atoms with E-state index >= 15 is 0 Å². The van der Waals surface area contributed by atoms with Crippen molar-refractivity contribution in [2.24, 2.45) is 9.98 Å². The van der Waals surface area contributed by atoms with Crippen LogP contribution >= 0.6 is 11.6 Å². The van der Waals surface area contributed by atoms with E-state index in [-0.39, 0.29) is 0 Å². The number of halogens is 1. The molecule has 3 rings (SSSR count). The van der Waals surface area contributed by atoms with Crippen molar-refractivity contribution in [2.45, 2.75) is 6.92 Å². The molecule has 0 N–H and O–H groups in total. The number of pyridine rings is 1. The largest absolute Gasteiger partial charge is 0.368 e. The lowest BCUT2D eigenvalue weighted by atomic mass is 10.2. The van der Waals surface area contributed by atoms with Crippen molar-refractivity contribution in [3.8, 4) is 0 Å². The number of aryl methyl sites for hydroxylation is 1. The summed E-state index contributed by atoms with van der Waals surface area (Å²) >= 11 is 6.14. The maximum absolute atomic E-state index is 11.1. The number of hydrogen-bond acceptors (Lipinski definition) is 2. The Morgan fingerprint density at radius 3 is 2.88 bits per heavy atom. The quantitative estimate of drug-likeness (QED) is 0.691. The lowest BCUT2D eigenvalue weighted by Gasteiger charge is -2.00. The molecule has 1 aromatic heterocycles. The summed E-state index contributed by atoms with van der Waals surface area (Å²) in [6, 6.07) is 4.79. The van der Waals surface area contributed by atoms with Crippen LogP contribution in [0.15, 0.2) is 28.2 Å². The number of aromatic nitrogens is 1. The highest BCUT2D eigenvalue weighted by Crippen LogP contribution is 2.19. The minimum absolute atomic E-state index is 0.487. The van der Waals surface area contributed by atoms with Crippen molar-refractivity contribution >= 4 is 28.5 Å². The van der Waals surface area contributed by atoms with Crippen LogP contribution in [-0.2, 0) is 0 Å². The smallest absolute Gasteiger partial charge is 0.253 e. The molecule has 2 amide bonds. The predicted molar refractivity (Wildman–Crippen MR) is 59.2 cm³/mol. The van der Waals surface area contributed by atoms with Crippen LogP contribution in [0.5, 0.6) is 0 Å². The van der Waals surface area contributed by atoms with Crippen molar-refractivity contribution in [2.75, 3.05) is 0 Å². The number of amides is 2. The lowest BCUT2D eigenvalue weighted by Crippen LogP contribution is -2.22. The van der Waals surface area contributed by atoms with Crippen molar-refractivity contribution in [3.05, 3.63) is 39.6 Å². The van der Waals surface area contributed by atoms with Gasteiger partial charge in [-0.25, -0.2) is 4.79 Å².